The van der Waals surface area contributed by atoms with Crippen molar-refractivity contribution in [3.05, 3.63) is 0 Å². The minimum Gasteiger partial charge on any atom is -0.344 e. The van der Waals surface area contributed by atoms with E-state index in [1.54, 1.807) is 0 Å². The molecule has 0 aromatic heterocycles. The zero-order valence-electron chi connectivity index (χ0n) is 2.57. The highest BCUT2D eigenvalue weighted by Gasteiger charge is 1.29. The Kier molecular flexibility index (Phi) is 29.9. The first-order valence-corrected chi connectivity index (χ1v) is 0.816. The van der Waals surface area contributed by atoms with E-state index in [0.717, 1.165) is 0 Å². The molecule has 0 radical (unpaired) electrons. The van der Waals surface area contributed by atoms with Gasteiger partial charge in [0.15, 0.2) is 0 Å². The van der Waals surface area contributed by atoms with E-state index in [4.69, 9.17) is 0 Å². The van der Waals surface area contributed by atoms with E-state index in [9.17, 15) is 0 Å². The fraction of sp³-hybridized carbons (Fsp3) is 1.00. The summed E-state index contributed by atoms with van der Waals surface area (Å²) < 4.78 is 0. The Hall–Kier alpha value is -0.120. The molecule has 0 saturated carbocycles. The van der Waals surface area contributed by atoms with Crippen LogP contribution in [0.15, 0.2) is 0 Å². The maximum Gasteiger partial charge on any atom is 0.0403 e. The largest absolute Gasteiger partial charge is 0.344 e. The lowest BCUT2D eigenvalue weighted by Crippen LogP contribution is -2.08. The number of hydrogen-bond acceptors (Lipinski definition) is 3. The zero-order valence-corrected chi connectivity index (χ0v) is 2.57. The first-order valence-electron chi connectivity index (χ1n) is 0.816. The standard InChI is InChI=1S/CH6N2.H3N/c2-1-3;/h1-3H2;1H3. The average Bonchev–Trinajstić information content (AvgIpc) is 0.918. The Bertz CT molecular complexity index is 3.25. The van der Waals surface area contributed by atoms with Gasteiger partial charge >= 0.3 is 0 Å². The first kappa shape index (κ1) is 9.11. The maximum atomic E-state index is 4.62. The zero-order chi connectivity index (χ0) is 2.71. The van der Waals surface area contributed by atoms with Gasteiger partial charge < -0.3 is 17.6 Å². The lowest BCUT2D eigenvalue weighted by molar-refractivity contribution is 1.07. The summed E-state index contributed by atoms with van der Waals surface area (Å²) in [5.74, 6) is 0. The molecule has 0 amide bonds. The fourth-order valence-electron chi connectivity index (χ4n) is 0. The van der Waals surface area contributed by atoms with Gasteiger partial charge in [-0.3, -0.25) is 0 Å². The predicted octanol–water partition coefficient (Wildman–Crippen LogP) is -0.977. The van der Waals surface area contributed by atoms with Gasteiger partial charge in [-0.05, 0) is 0 Å². The molecule has 0 aromatic carbocycles. The van der Waals surface area contributed by atoms with Crippen LogP contribution in [0.2, 0.25) is 0 Å². The van der Waals surface area contributed by atoms with Crippen molar-refractivity contribution in [1.29, 1.82) is 0 Å². The van der Waals surface area contributed by atoms with Gasteiger partial charge in [-0.25, -0.2) is 0 Å². The van der Waals surface area contributed by atoms with Crippen molar-refractivity contribution in [3.63, 3.8) is 0 Å². The third-order valence-electron chi connectivity index (χ3n) is 0. The van der Waals surface area contributed by atoms with Crippen LogP contribution in [0.3, 0.4) is 0 Å². The molecule has 0 unspecified atom stereocenters. The summed E-state index contributed by atoms with van der Waals surface area (Å²) in [6.45, 7) is 0.250. The van der Waals surface area contributed by atoms with Gasteiger partial charge in [0.2, 0.25) is 0 Å². The molecule has 0 heterocycles. The Morgan fingerprint density at radius 3 is 1.25 bits per heavy atom. The molecule has 0 aliphatic rings. The van der Waals surface area contributed by atoms with Crippen LogP contribution in [0.25, 0.3) is 0 Å². The number of rotatable bonds is 0. The summed E-state index contributed by atoms with van der Waals surface area (Å²) in [6.07, 6.45) is 0. The van der Waals surface area contributed by atoms with Crippen molar-refractivity contribution in [3.8, 4) is 0 Å². The SMILES string of the molecule is N.NCN. The molecule has 4 heavy (non-hydrogen) atoms. The highest BCUT2D eigenvalue weighted by molar-refractivity contribution is 3.94. The van der Waals surface area contributed by atoms with E-state index in [1.165, 1.54) is 0 Å². The summed E-state index contributed by atoms with van der Waals surface area (Å²) in [4.78, 5) is 0. The second-order valence-corrected chi connectivity index (χ2v) is 0.236. The van der Waals surface area contributed by atoms with Crippen molar-refractivity contribution < 1.29 is 0 Å². The van der Waals surface area contributed by atoms with Gasteiger partial charge in [-0.1, -0.05) is 0 Å². The van der Waals surface area contributed by atoms with E-state index in [2.05, 4.69) is 11.5 Å². The Balaban J connectivity index is 0. The van der Waals surface area contributed by atoms with E-state index in [1.807, 2.05) is 0 Å². The Morgan fingerprint density at radius 1 is 1.25 bits per heavy atom. The van der Waals surface area contributed by atoms with Crippen LogP contribution in [0.4, 0.5) is 0 Å². The van der Waals surface area contributed by atoms with Gasteiger partial charge in [-0.15, -0.1) is 0 Å². The van der Waals surface area contributed by atoms with Crippen molar-refractivity contribution in [1.82, 2.24) is 6.15 Å². The molecule has 28 valence electrons. The molecule has 0 aliphatic heterocycles. The normalized spacial score (nSPS) is 4.50. The molecular formula is CH9N3. The highest BCUT2D eigenvalue weighted by atomic mass is 14.7. The van der Waals surface area contributed by atoms with Crippen LogP contribution in [0, 0.1) is 0 Å². The van der Waals surface area contributed by atoms with E-state index in [0.29, 0.717) is 0 Å². The molecule has 0 bridgehead atoms. The summed E-state index contributed by atoms with van der Waals surface area (Å²) in [5.41, 5.74) is 9.25. The molecule has 0 aromatic rings. The Labute approximate surface area is 25.6 Å². The third-order valence-corrected chi connectivity index (χ3v) is 0. The molecular weight excluding hydrogens is 54.0 g/mol. The molecule has 0 rings (SSSR count). The molecule has 0 saturated heterocycles. The van der Waals surface area contributed by atoms with Crippen LogP contribution in [-0.4, -0.2) is 6.67 Å². The minimum absolute atomic E-state index is 0. The van der Waals surface area contributed by atoms with Crippen LogP contribution in [-0.2, 0) is 0 Å². The molecule has 0 atom stereocenters. The van der Waals surface area contributed by atoms with Crippen molar-refractivity contribution >= 4 is 0 Å². The second-order valence-electron chi connectivity index (χ2n) is 0.236. The van der Waals surface area contributed by atoms with Crippen molar-refractivity contribution in [2.24, 2.45) is 11.5 Å². The molecule has 0 aliphatic carbocycles. The molecule has 0 fully saturated rings. The highest BCUT2D eigenvalue weighted by Crippen LogP contribution is 0.861. The lowest BCUT2D eigenvalue weighted by Gasteiger charge is -1.56. The van der Waals surface area contributed by atoms with E-state index >= 15 is 0 Å². The molecule has 0 spiro atoms. The van der Waals surface area contributed by atoms with Crippen LogP contribution in [0.5, 0.6) is 0 Å². The Morgan fingerprint density at radius 2 is 1.25 bits per heavy atom. The van der Waals surface area contributed by atoms with E-state index in [-0.39, 0.29) is 12.8 Å². The van der Waals surface area contributed by atoms with Crippen LogP contribution < -0.4 is 17.6 Å². The summed E-state index contributed by atoms with van der Waals surface area (Å²) >= 11 is 0. The second kappa shape index (κ2) is 13.1. The number of hydrogen-bond donors (Lipinski definition) is 3. The summed E-state index contributed by atoms with van der Waals surface area (Å²) in [5, 5.41) is 0. The quantitative estimate of drug-likeness (QED) is 0.316. The topological polar surface area (TPSA) is 87.0 Å². The van der Waals surface area contributed by atoms with Gasteiger partial charge in [0.05, 0.1) is 0 Å². The summed E-state index contributed by atoms with van der Waals surface area (Å²) in [7, 11) is 0. The molecule has 3 nitrogen and oxygen atoms in total. The van der Waals surface area contributed by atoms with Gasteiger partial charge in [0.25, 0.3) is 0 Å². The third kappa shape index (κ3) is 101. The average molecular weight is 63.1 g/mol. The van der Waals surface area contributed by atoms with Crippen LogP contribution >= 0.6 is 0 Å². The summed E-state index contributed by atoms with van der Waals surface area (Å²) in [6, 6.07) is 0. The van der Waals surface area contributed by atoms with Gasteiger partial charge in [0.1, 0.15) is 0 Å². The van der Waals surface area contributed by atoms with Crippen LogP contribution in [0.1, 0.15) is 0 Å². The fourth-order valence-corrected chi connectivity index (χ4v) is 0. The lowest BCUT2D eigenvalue weighted by atomic mass is 11.3. The maximum absolute atomic E-state index is 4.62. The minimum atomic E-state index is 0. The monoisotopic (exact) mass is 63.1 g/mol. The first-order chi connectivity index (χ1) is 1.41. The van der Waals surface area contributed by atoms with Gasteiger partial charge in [-0.2, -0.15) is 0 Å². The molecule has 3 heteroatoms. The van der Waals surface area contributed by atoms with E-state index < -0.39 is 0 Å². The van der Waals surface area contributed by atoms with Crippen molar-refractivity contribution in [2.75, 3.05) is 6.67 Å². The number of nitrogens with two attached hydrogens (primary N) is 2. The van der Waals surface area contributed by atoms with Crippen molar-refractivity contribution in [2.45, 2.75) is 0 Å². The molecule has 7 N–H and O–H groups in total. The van der Waals surface area contributed by atoms with Gasteiger partial charge in [0, 0.05) is 6.67 Å². The smallest absolute Gasteiger partial charge is 0.0403 e. The predicted molar refractivity (Wildman–Crippen MR) is 18.3 cm³/mol.